The van der Waals surface area contributed by atoms with Crippen molar-refractivity contribution < 1.29 is 18.3 Å². The van der Waals surface area contributed by atoms with Crippen LogP contribution in [0.2, 0.25) is 0 Å². The molecule has 0 radical (unpaired) electrons. The Hall–Kier alpha value is -5.58. The number of aromatic nitrogens is 4. The maximum atomic E-state index is 14.9. The van der Waals surface area contributed by atoms with Gasteiger partial charge in [-0.25, -0.2) is 13.8 Å². The van der Waals surface area contributed by atoms with E-state index in [0.717, 1.165) is 11.6 Å². The number of hydrogen-bond acceptors (Lipinski definition) is 7. The van der Waals surface area contributed by atoms with Crippen molar-refractivity contribution in [1.29, 1.82) is 0 Å². The highest BCUT2D eigenvalue weighted by Crippen LogP contribution is 2.32. The molecule has 11 heteroatoms. The van der Waals surface area contributed by atoms with Gasteiger partial charge < -0.3 is 20.7 Å². The van der Waals surface area contributed by atoms with Gasteiger partial charge in [-0.1, -0.05) is 30.8 Å². The zero-order valence-corrected chi connectivity index (χ0v) is 21.9. The van der Waals surface area contributed by atoms with Crippen LogP contribution in [0.4, 0.5) is 37.6 Å². The van der Waals surface area contributed by atoms with Crippen LogP contribution < -0.4 is 20.7 Å². The van der Waals surface area contributed by atoms with Gasteiger partial charge >= 0.3 is 0 Å². The van der Waals surface area contributed by atoms with E-state index >= 15 is 0 Å². The number of anilines is 5. The fourth-order valence-electron chi connectivity index (χ4n) is 3.91. The highest BCUT2D eigenvalue weighted by molar-refractivity contribution is 5.99. The van der Waals surface area contributed by atoms with Gasteiger partial charge in [-0.3, -0.25) is 9.48 Å². The Labute approximate surface area is 234 Å². The SMILES string of the molecule is C=CC(=O)Nc1ccc(F)c(Nc2nc(Nc3cnn(C)c3)ncc2-c2ccc(OCc3cccc(F)c3)cc2)c1. The van der Waals surface area contributed by atoms with Gasteiger partial charge in [0.1, 0.15) is 29.8 Å². The van der Waals surface area contributed by atoms with E-state index < -0.39 is 11.7 Å². The van der Waals surface area contributed by atoms with Crippen molar-refractivity contribution in [3.63, 3.8) is 0 Å². The first-order valence-corrected chi connectivity index (χ1v) is 12.5. The second-order valence-corrected chi connectivity index (χ2v) is 8.94. The van der Waals surface area contributed by atoms with E-state index in [1.807, 2.05) is 12.1 Å². The molecular weight excluding hydrogens is 528 g/mol. The molecule has 5 rings (SSSR count). The van der Waals surface area contributed by atoms with Crippen LogP contribution in [0.5, 0.6) is 5.75 Å². The maximum absolute atomic E-state index is 14.9. The third kappa shape index (κ3) is 6.90. The zero-order valence-electron chi connectivity index (χ0n) is 21.9. The summed E-state index contributed by atoms with van der Waals surface area (Å²) >= 11 is 0. The molecule has 3 aromatic carbocycles. The molecular formula is C30H25F2N7O2. The average molecular weight is 554 g/mol. The van der Waals surface area contributed by atoms with E-state index in [-0.39, 0.29) is 24.1 Å². The molecule has 0 bridgehead atoms. The topological polar surface area (TPSA) is 106 Å². The largest absolute Gasteiger partial charge is 0.489 e. The number of rotatable bonds is 10. The Balaban J connectivity index is 1.43. The Bertz CT molecular complexity index is 1700. The van der Waals surface area contributed by atoms with Crippen molar-refractivity contribution in [2.75, 3.05) is 16.0 Å². The summed E-state index contributed by atoms with van der Waals surface area (Å²) in [5.41, 5.74) is 3.16. The molecule has 5 aromatic rings. The first-order valence-electron chi connectivity index (χ1n) is 12.5. The quantitative estimate of drug-likeness (QED) is 0.173. The molecule has 206 valence electrons. The van der Waals surface area contributed by atoms with Crippen LogP contribution in [0, 0.1) is 11.6 Å². The zero-order chi connectivity index (χ0) is 28.8. The van der Waals surface area contributed by atoms with E-state index in [1.165, 1.54) is 30.3 Å². The number of carbonyl (C=O) groups excluding carboxylic acids is 1. The number of amides is 1. The number of nitrogens with zero attached hydrogens (tertiary/aromatic N) is 4. The molecule has 0 spiro atoms. The molecule has 0 saturated carbocycles. The molecule has 41 heavy (non-hydrogen) atoms. The summed E-state index contributed by atoms with van der Waals surface area (Å²) in [7, 11) is 1.79. The van der Waals surface area contributed by atoms with E-state index in [1.54, 1.807) is 54.6 Å². The predicted molar refractivity (Wildman–Crippen MR) is 153 cm³/mol. The smallest absolute Gasteiger partial charge is 0.247 e. The summed E-state index contributed by atoms with van der Waals surface area (Å²) in [6.07, 6.45) is 6.12. The van der Waals surface area contributed by atoms with Crippen molar-refractivity contribution in [2.24, 2.45) is 7.05 Å². The lowest BCUT2D eigenvalue weighted by atomic mass is 10.1. The molecule has 0 fully saturated rings. The second kappa shape index (κ2) is 12.1. The van der Waals surface area contributed by atoms with Crippen LogP contribution in [0.1, 0.15) is 5.56 Å². The Morgan fingerprint density at radius 3 is 2.59 bits per heavy atom. The van der Waals surface area contributed by atoms with Gasteiger partial charge in [0.2, 0.25) is 11.9 Å². The van der Waals surface area contributed by atoms with Gasteiger partial charge in [0.15, 0.2) is 0 Å². The van der Waals surface area contributed by atoms with Crippen LogP contribution >= 0.6 is 0 Å². The van der Waals surface area contributed by atoms with Crippen LogP contribution in [0.3, 0.4) is 0 Å². The molecule has 0 atom stereocenters. The van der Waals surface area contributed by atoms with Crippen molar-refractivity contribution >= 4 is 34.7 Å². The molecule has 9 nitrogen and oxygen atoms in total. The minimum Gasteiger partial charge on any atom is -0.489 e. The number of benzene rings is 3. The number of nitrogens with one attached hydrogen (secondary N) is 3. The van der Waals surface area contributed by atoms with E-state index in [0.29, 0.717) is 34.1 Å². The van der Waals surface area contributed by atoms with Crippen LogP contribution in [-0.4, -0.2) is 25.7 Å². The van der Waals surface area contributed by atoms with Gasteiger partial charge in [0.25, 0.3) is 0 Å². The standard InChI is InChI=1S/C30H25F2N7O2/c1-3-28(40)35-22-9-12-26(32)27(14-22)37-29-25(16-33-30(38-29)36-23-15-34-39(2)17-23)20-7-10-24(11-8-20)41-18-19-5-4-6-21(31)13-19/h3-17H,1,18H2,2H3,(H,35,40)(H2,33,36,37,38). The predicted octanol–water partition coefficient (Wildman–Crippen LogP) is 6.35. The second-order valence-electron chi connectivity index (χ2n) is 8.94. The number of aryl methyl sites for hydroxylation is 1. The fraction of sp³-hybridized carbons (Fsp3) is 0.0667. The molecule has 0 aliphatic carbocycles. The number of hydrogen-bond donors (Lipinski definition) is 3. The highest BCUT2D eigenvalue weighted by Gasteiger charge is 2.14. The van der Waals surface area contributed by atoms with Gasteiger partial charge in [-0.05, 0) is 59.7 Å². The number of ether oxygens (including phenoxy) is 1. The summed E-state index contributed by atoms with van der Waals surface area (Å²) in [5, 5.41) is 12.9. The third-order valence-corrected chi connectivity index (χ3v) is 5.88. The monoisotopic (exact) mass is 553 g/mol. The van der Waals surface area contributed by atoms with Gasteiger partial charge in [0, 0.05) is 30.7 Å². The first kappa shape index (κ1) is 27.0. The summed E-state index contributed by atoms with van der Waals surface area (Å²) in [5.74, 6) is -0.142. The normalized spacial score (nSPS) is 10.6. The van der Waals surface area contributed by atoms with Crippen molar-refractivity contribution in [3.8, 4) is 16.9 Å². The summed E-state index contributed by atoms with van der Waals surface area (Å²) in [6.45, 7) is 3.64. The summed E-state index contributed by atoms with van der Waals surface area (Å²) in [4.78, 5) is 20.8. The van der Waals surface area contributed by atoms with Gasteiger partial charge in [-0.15, -0.1) is 0 Å². The number of carbonyl (C=O) groups is 1. The lowest BCUT2D eigenvalue weighted by Gasteiger charge is -2.15. The minimum atomic E-state index is -0.547. The number of halogens is 2. The van der Waals surface area contributed by atoms with Gasteiger partial charge in [-0.2, -0.15) is 10.1 Å². The van der Waals surface area contributed by atoms with Crippen LogP contribution in [0.15, 0.2) is 98.0 Å². The molecule has 2 aromatic heterocycles. The van der Waals surface area contributed by atoms with Crippen molar-refractivity contribution in [2.45, 2.75) is 6.61 Å². The Morgan fingerprint density at radius 2 is 1.85 bits per heavy atom. The summed E-state index contributed by atoms with van der Waals surface area (Å²) in [6, 6.07) is 17.5. The molecule has 0 aliphatic heterocycles. The van der Waals surface area contributed by atoms with E-state index in [4.69, 9.17) is 4.74 Å². The lowest BCUT2D eigenvalue weighted by Crippen LogP contribution is -2.08. The molecule has 0 saturated heterocycles. The lowest BCUT2D eigenvalue weighted by molar-refractivity contribution is -0.111. The third-order valence-electron chi connectivity index (χ3n) is 5.88. The Kier molecular flexibility index (Phi) is 7.95. The van der Waals surface area contributed by atoms with Crippen LogP contribution in [0.25, 0.3) is 11.1 Å². The maximum Gasteiger partial charge on any atom is 0.247 e. The van der Waals surface area contributed by atoms with E-state index in [9.17, 15) is 13.6 Å². The Morgan fingerprint density at radius 1 is 1.02 bits per heavy atom. The minimum absolute atomic E-state index is 0.0918. The molecule has 3 N–H and O–H groups in total. The van der Waals surface area contributed by atoms with Gasteiger partial charge in [0.05, 0.1) is 17.6 Å². The molecule has 0 unspecified atom stereocenters. The molecule has 1 amide bonds. The molecule has 0 aliphatic rings. The van der Waals surface area contributed by atoms with Crippen molar-refractivity contribution in [1.82, 2.24) is 19.7 Å². The fourth-order valence-corrected chi connectivity index (χ4v) is 3.91. The summed E-state index contributed by atoms with van der Waals surface area (Å²) < 4.78 is 35.8. The average Bonchev–Trinajstić information content (AvgIpc) is 3.38. The highest BCUT2D eigenvalue weighted by atomic mass is 19.1. The first-order chi connectivity index (χ1) is 19.9. The van der Waals surface area contributed by atoms with Crippen molar-refractivity contribution in [3.05, 3.63) is 115 Å². The van der Waals surface area contributed by atoms with E-state index in [2.05, 4.69) is 37.6 Å². The molecule has 2 heterocycles. The van der Waals surface area contributed by atoms with Crippen LogP contribution in [-0.2, 0) is 18.4 Å².